The molecule has 0 aliphatic carbocycles. The molecule has 0 saturated heterocycles. The van der Waals surface area contributed by atoms with Gasteiger partial charge in [0, 0.05) is 0 Å². The highest BCUT2D eigenvalue weighted by Gasteiger charge is 2.16. The van der Waals surface area contributed by atoms with Gasteiger partial charge in [-0.3, -0.25) is 4.79 Å². The van der Waals surface area contributed by atoms with Gasteiger partial charge >= 0.3 is 5.97 Å². The van der Waals surface area contributed by atoms with E-state index in [9.17, 15) is 14.7 Å². The van der Waals surface area contributed by atoms with Crippen molar-refractivity contribution < 1.29 is 19.1 Å². The molecule has 0 aliphatic heterocycles. The first-order valence-electron chi connectivity index (χ1n) is 9.07. The van der Waals surface area contributed by atoms with E-state index in [4.69, 9.17) is 9.15 Å². The molecule has 0 radical (unpaired) electrons. The van der Waals surface area contributed by atoms with Crippen LogP contribution in [0.4, 0.5) is 0 Å². The number of carboxylic acid groups (broad SMARTS) is 1. The van der Waals surface area contributed by atoms with Crippen molar-refractivity contribution in [1.29, 1.82) is 0 Å². The molecule has 28 heavy (non-hydrogen) atoms. The van der Waals surface area contributed by atoms with Crippen LogP contribution in [0.15, 0.2) is 51.7 Å². The van der Waals surface area contributed by atoms with E-state index in [2.05, 4.69) is 0 Å². The van der Waals surface area contributed by atoms with Crippen molar-refractivity contribution in [3.8, 4) is 5.75 Å². The smallest absolute Gasteiger partial charge is 0.335 e. The number of hydrogen-bond acceptors (Lipinski definition) is 4. The fraction of sp³-hybridized carbons (Fsp3) is 0.217. The highest BCUT2D eigenvalue weighted by atomic mass is 16.5. The normalized spacial score (nSPS) is 11.4. The first-order valence-corrected chi connectivity index (χ1v) is 9.07. The molecule has 0 atom stereocenters. The zero-order valence-corrected chi connectivity index (χ0v) is 16.1. The Hall–Kier alpha value is -3.34. The Morgan fingerprint density at radius 3 is 2.61 bits per heavy atom. The van der Waals surface area contributed by atoms with Crippen molar-refractivity contribution in [2.45, 2.75) is 20.8 Å². The lowest BCUT2D eigenvalue weighted by Gasteiger charge is -2.11. The second-order valence-corrected chi connectivity index (χ2v) is 7.04. The van der Waals surface area contributed by atoms with Crippen molar-refractivity contribution in [3.63, 3.8) is 0 Å². The largest absolute Gasteiger partial charge is 0.486 e. The van der Waals surface area contributed by atoms with E-state index in [0.29, 0.717) is 18.0 Å². The van der Waals surface area contributed by atoms with E-state index in [1.807, 2.05) is 51.1 Å². The van der Waals surface area contributed by atoms with Crippen LogP contribution in [-0.4, -0.2) is 17.7 Å². The zero-order valence-electron chi connectivity index (χ0n) is 16.1. The van der Waals surface area contributed by atoms with Gasteiger partial charge in [0.05, 0.1) is 17.6 Å². The molecule has 1 aromatic heterocycles. The Balaban J connectivity index is 2.15. The summed E-state index contributed by atoms with van der Waals surface area (Å²) in [5.74, 6) is -0.485. The van der Waals surface area contributed by atoms with Crippen molar-refractivity contribution >= 4 is 29.1 Å². The van der Waals surface area contributed by atoms with E-state index in [1.165, 1.54) is 18.2 Å². The summed E-state index contributed by atoms with van der Waals surface area (Å²) in [5.41, 5.74) is 2.06. The molecule has 3 rings (SSSR count). The minimum absolute atomic E-state index is 0.0258. The Morgan fingerprint density at radius 1 is 1.18 bits per heavy atom. The van der Waals surface area contributed by atoms with Crippen LogP contribution >= 0.6 is 0 Å². The van der Waals surface area contributed by atoms with Gasteiger partial charge in [0.2, 0.25) is 11.2 Å². The first-order chi connectivity index (χ1) is 13.4. The average molecular weight is 378 g/mol. The molecule has 1 N–H and O–H groups in total. The summed E-state index contributed by atoms with van der Waals surface area (Å²) in [6.45, 7) is 6.31. The fourth-order valence-corrected chi connectivity index (χ4v) is 2.76. The summed E-state index contributed by atoms with van der Waals surface area (Å²) in [6.07, 6.45) is 3.58. The second kappa shape index (κ2) is 8.13. The number of ether oxygens (including phenoxy) is 1. The summed E-state index contributed by atoms with van der Waals surface area (Å²) in [6, 6.07) is 12.1. The van der Waals surface area contributed by atoms with Crippen LogP contribution in [0.2, 0.25) is 0 Å². The van der Waals surface area contributed by atoms with Crippen LogP contribution in [-0.2, 0) is 0 Å². The highest BCUT2D eigenvalue weighted by Crippen LogP contribution is 2.25. The van der Waals surface area contributed by atoms with Gasteiger partial charge in [0.15, 0.2) is 5.76 Å². The van der Waals surface area contributed by atoms with E-state index in [0.717, 1.165) is 11.1 Å². The molecule has 2 aromatic carbocycles. The van der Waals surface area contributed by atoms with Crippen LogP contribution in [0.3, 0.4) is 0 Å². The molecular weight excluding hydrogens is 356 g/mol. The van der Waals surface area contributed by atoms with E-state index >= 15 is 0 Å². The number of fused-ring (bicyclic) bond motifs is 1. The Kier molecular flexibility index (Phi) is 5.64. The number of aryl methyl sites for hydroxylation is 1. The minimum Gasteiger partial charge on any atom is -0.486 e. The van der Waals surface area contributed by atoms with Crippen molar-refractivity contribution in [2.24, 2.45) is 5.92 Å². The fourth-order valence-electron chi connectivity index (χ4n) is 2.76. The van der Waals surface area contributed by atoms with Crippen LogP contribution < -0.4 is 10.2 Å². The molecule has 1 heterocycles. The van der Waals surface area contributed by atoms with Gasteiger partial charge in [0.25, 0.3) is 0 Å². The third-order valence-corrected chi connectivity index (χ3v) is 4.28. The molecular formula is C23H22O5. The predicted octanol–water partition coefficient (Wildman–Crippen LogP) is 5.00. The van der Waals surface area contributed by atoms with Crippen LogP contribution in [0, 0.1) is 12.8 Å². The summed E-state index contributed by atoms with van der Waals surface area (Å²) in [7, 11) is 0. The molecule has 3 aromatic rings. The molecule has 0 bridgehead atoms. The van der Waals surface area contributed by atoms with Crippen LogP contribution in [0.25, 0.3) is 23.1 Å². The molecule has 0 aliphatic rings. The number of hydrogen-bond donors (Lipinski definition) is 1. The maximum Gasteiger partial charge on any atom is 0.335 e. The summed E-state index contributed by atoms with van der Waals surface area (Å²) in [5, 5.41) is 9.38. The van der Waals surface area contributed by atoms with E-state index in [-0.39, 0.29) is 28.0 Å². The average Bonchev–Trinajstić information content (AvgIpc) is 2.66. The molecule has 0 amide bonds. The Labute approximate surface area is 162 Å². The van der Waals surface area contributed by atoms with Crippen LogP contribution in [0.1, 0.15) is 41.1 Å². The number of carboxylic acids is 1. The lowest BCUT2D eigenvalue weighted by atomic mass is 10.1. The van der Waals surface area contributed by atoms with Crippen molar-refractivity contribution in [3.05, 3.63) is 75.1 Å². The van der Waals surface area contributed by atoms with Gasteiger partial charge in [-0.05, 0) is 48.2 Å². The van der Waals surface area contributed by atoms with Crippen LogP contribution in [0.5, 0.6) is 5.75 Å². The second-order valence-electron chi connectivity index (χ2n) is 7.04. The Morgan fingerprint density at radius 2 is 1.93 bits per heavy atom. The van der Waals surface area contributed by atoms with E-state index in [1.54, 1.807) is 6.08 Å². The topological polar surface area (TPSA) is 76.7 Å². The third-order valence-electron chi connectivity index (χ3n) is 4.28. The molecule has 0 spiro atoms. The van der Waals surface area contributed by atoms with Crippen molar-refractivity contribution in [2.75, 3.05) is 6.61 Å². The maximum atomic E-state index is 13.0. The molecule has 5 heteroatoms. The summed E-state index contributed by atoms with van der Waals surface area (Å²) >= 11 is 0. The lowest BCUT2D eigenvalue weighted by Crippen LogP contribution is -2.14. The van der Waals surface area contributed by atoms with Gasteiger partial charge in [-0.2, -0.15) is 0 Å². The zero-order chi connectivity index (χ0) is 20.3. The van der Waals surface area contributed by atoms with Gasteiger partial charge < -0.3 is 14.3 Å². The number of aromatic carboxylic acids is 1. The number of benzene rings is 2. The summed E-state index contributed by atoms with van der Waals surface area (Å²) in [4.78, 5) is 24.2. The molecule has 0 unspecified atom stereocenters. The highest BCUT2D eigenvalue weighted by molar-refractivity contribution is 5.93. The SMILES string of the molecule is Cc1ccccc1/C=C/c1oc2ccc(C(=O)O)cc2c(=O)c1OCC(C)C. The Bertz CT molecular complexity index is 1110. The van der Waals surface area contributed by atoms with Gasteiger partial charge in [0.1, 0.15) is 5.58 Å². The lowest BCUT2D eigenvalue weighted by molar-refractivity contribution is 0.0697. The van der Waals surface area contributed by atoms with Gasteiger partial charge in [-0.25, -0.2) is 4.79 Å². The summed E-state index contributed by atoms with van der Waals surface area (Å²) < 4.78 is 11.6. The molecule has 144 valence electrons. The van der Waals surface area contributed by atoms with Gasteiger partial charge in [-0.15, -0.1) is 0 Å². The first kappa shape index (κ1) is 19.4. The molecule has 5 nitrogen and oxygen atoms in total. The minimum atomic E-state index is -1.10. The quantitative estimate of drug-likeness (QED) is 0.653. The maximum absolute atomic E-state index is 13.0. The van der Waals surface area contributed by atoms with Gasteiger partial charge in [-0.1, -0.05) is 44.2 Å². The van der Waals surface area contributed by atoms with E-state index < -0.39 is 5.97 Å². The third kappa shape index (κ3) is 4.14. The standard InChI is InChI=1S/C23H22O5/c1-14(2)13-27-22-20(11-8-16-7-5-4-6-15(16)3)28-19-10-9-17(23(25)26)12-18(19)21(22)24/h4-12,14H,13H2,1-3H3,(H,25,26)/b11-8+. The molecule has 0 fully saturated rings. The van der Waals surface area contributed by atoms with Crippen molar-refractivity contribution in [1.82, 2.24) is 0 Å². The monoisotopic (exact) mass is 378 g/mol. The predicted molar refractivity (Wildman–Crippen MR) is 110 cm³/mol. The molecule has 0 saturated carbocycles. The number of carbonyl (C=O) groups is 1. The number of rotatable bonds is 6.